The van der Waals surface area contributed by atoms with Crippen LogP contribution in [0.25, 0.3) is 0 Å². The normalized spacial score (nSPS) is 11.8. The van der Waals surface area contributed by atoms with E-state index in [0.717, 1.165) is 18.6 Å². The molecule has 0 saturated carbocycles. The van der Waals surface area contributed by atoms with Gasteiger partial charge in [-0.05, 0) is 49.6 Å². The molecule has 0 unspecified atom stereocenters. The summed E-state index contributed by atoms with van der Waals surface area (Å²) in [5.74, 6) is 1.02. The largest absolute Gasteiger partial charge is 0.316 e. The quantitative estimate of drug-likeness (QED) is 0.655. The summed E-state index contributed by atoms with van der Waals surface area (Å²) in [5, 5.41) is 3.50. The lowest BCUT2D eigenvalue weighted by Crippen LogP contribution is -2.25. The first kappa shape index (κ1) is 19.1. The van der Waals surface area contributed by atoms with Gasteiger partial charge >= 0.3 is 0 Å². The second-order valence-corrected chi connectivity index (χ2v) is 8.04. The smallest absolute Gasteiger partial charge is 0.242 e. The number of rotatable bonds is 9. The number of hydrogen-bond acceptors (Lipinski definition) is 4. The minimum atomic E-state index is -3.64. The lowest BCUT2D eigenvalue weighted by molar-refractivity contribution is 0.578. The van der Waals surface area contributed by atoms with Gasteiger partial charge < -0.3 is 5.32 Å². The Bertz CT molecular complexity index is 566. The van der Waals surface area contributed by atoms with E-state index >= 15 is 0 Å². The van der Waals surface area contributed by atoms with Gasteiger partial charge in [-0.1, -0.05) is 23.2 Å². The van der Waals surface area contributed by atoms with E-state index in [9.17, 15) is 8.42 Å². The van der Waals surface area contributed by atoms with Gasteiger partial charge in [-0.15, -0.1) is 0 Å². The van der Waals surface area contributed by atoms with Crippen molar-refractivity contribution >= 4 is 45.0 Å². The molecule has 0 aromatic heterocycles. The SMILES string of the molecule is CNCc1cc(Cl)cc(S(=O)(=O)NCCCCSC)c1Cl. The van der Waals surface area contributed by atoms with Gasteiger partial charge in [-0.25, -0.2) is 13.1 Å². The van der Waals surface area contributed by atoms with Crippen LogP contribution >= 0.6 is 35.0 Å². The zero-order valence-corrected chi connectivity index (χ0v) is 15.2. The Hall–Kier alpha value is 0.0200. The molecule has 0 fully saturated rings. The second-order valence-electron chi connectivity index (χ2n) is 4.51. The highest BCUT2D eigenvalue weighted by Crippen LogP contribution is 2.29. The van der Waals surface area contributed by atoms with Gasteiger partial charge in [-0.2, -0.15) is 11.8 Å². The lowest BCUT2D eigenvalue weighted by atomic mass is 10.2. The van der Waals surface area contributed by atoms with Crippen molar-refractivity contribution in [1.82, 2.24) is 10.0 Å². The average Bonchev–Trinajstić information content (AvgIpc) is 2.42. The van der Waals surface area contributed by atoms with Crippen molar-refractivity contribution in [3.05, 3.63) is 27.7 Å². The van der Waals surface area contributed by atoms with Crippen LogP contribution in [0.1, 0.15) is 18.4 Å². The van der Waals surface area contributed by atoms with Crippen molar-refractivity contribution in [1.29, 1.82) is 0 Å². The van der Waals surface area contributed by atoms with Crippen molar-refractivity contribution in [2.75, 3.05) is 25.6 Å². The first-order chi connectivity index (χ1) is 9.92. The summed E-state index contributed by atoms with van der Waals surface area (Å²) < 4.78 is 27.2. The molecular weight excluding hydrogens is 351 g/mol. The van der Waals surface area contributed by atoms with Crippen LogP contribution in [-0.2, 0) is 16.6 Å². The molecule has 120 valence electrons. The number of halogens is 2. The number of nitrogens with one attached hydrogen (secondary N) is 2. The zero-order chi connectivity index (χ0) is 15.9. The maximum atomic E-state index is 12.3. The average molecular weight is 371 g/mol. The molecular formula is C13H20Cl2N2O2S2. The Kier molecular flexibility index (Phi) is 8.38. The maximum Gasteiger partial charge on any atom is 0.242 e. The lowest BCUT2D eigenvalue weighted by Gasteiger charge is -2.12. The minimum absolute atomic E-state index is 0.0341. The minimum Gasteiger partial charge on any atom is -0.316 e. The molecule has 1 aromatic rings. The van der Waals surface area contributed by atoms with Crippen molar-refractivity contribution < 1.29 is 8.42 Å². The van der Waals surface area contributed by atoms with E-state index in [4.69, 9.17) is 23.2 Å². The molecule has 0 amide bonds. The Balaban J connectivity index is 2.87. The Morgan fingerprint density at radius 1 is 1.24 bits per heavy atom. The monoisotopic (exact) mass is 370 g/mol. The van der Waals surface area contributed by atoms with Gasteiger partial charge in [0, 0.05) is 18.1 Å². The van der Waals surface area contributed by atoms with Crippen LogP contribution in [0.3, 0.4) is 0 Å². The first-order valence-electron chi connectivity index (χ1n) is 6.53. The summed E-state index contributed by atoms with van der Waals surface area (Å²) >= 11 is 13.9. The van der Waals surface area contributed by atoms with Crippen LogP contribution < -0.4 is 10.0 Å². The van der Waals surface area contributed by atoms with Crippen LogP contribution in [0.5, 0.6) is 0 Å². The van der Waals surface area contributed by atoms with E-state index < -0.39 is 10.0 Å². The van der Waals surface area contributed by atoms with Crippen molar-refractivity contribution in [3.8, 4) is 0 Å². The fraction of sp³-hybridized carbons (Fsp3) is 0.538. The van der Waals surface area contributed by atoms with Gasteiger partial charge in [-0.3, -0.25) is 0 Å². The summed E-state index contributed by atoms with van der Waals surface area (Å²) in [5.41, 5.74) is 0.662. The number of unbranched alkanes of at least 4 members (excludes halogenated alkanes) is 1. The van der Waals surface area contributed by atoms with Gasteiger partial charge in [0.2, 0.25) is 10.0 Å². The van der Waals surface area contributed by atoms with Crippen molar-refractivity contribution in [2.24, 2.45) is 0 Å². The fourth-order valence-corrected chi connectivity index (χ4v) is 4.29. The van der Waals surface area contributed by atoms with Crippen LogP contribution in [0.2, 0.25) is 10.0 Å². The Morgan fingerprint density at radius 3 is 2.57 bits per heavy atom. The highest BCUT2D eigenvalue weighted by Gasteiger charge is 2.20. The highest BCUT2D eigenvalue weighted by atomic mass is 35.5. The molecule has 0 atom stereocenters. The third-order valence-electron chi connectivity index (χ3n) is 2.80. The van der Waals surface area contributed by atoms with Gasteiger partial charge in [0.1, 0.15) is 4.90 Å². The molecule has 0 aliphatic rings. The van der Waals surface area contributed by atoms with Crippen LogP contribution in [0.15, 0.2) is 17.0 Å². The molecule has 0 saturated heterocycles. The van der Waals surface area contributed by atoms with Crippen molar-refractivity contribution in [3.63, 3.8) is 0 Å². The summed E-state index contributed by atoms with van der Waals surface area (Å²) in [4.78, 5) is 0.0341. The molecule has 0 aliphatic carbocycles. The fourth-order valence-electron chi connectivity index (χ4n) is 1.79. The van der Waals surface area contributed by atoms with E-state index in [-0.39, 0.29) is 9.92 Å². The number of thioether (sulfide) groups is 1. The molecule has 2 N–H and O–H groups in total. The summed E-state index contributed by atoms with van der Waals surface area (Å²) in [7, 11) is -1.88. The Labute approximate surface area is 141 Å². The molecule has 1 aromatic carbocycles. The molecule has 4 nitrogen and oxygen atoms in total. The summed E-state index contributed by atoms with van der Waals surface area (Å²) in [6.45, 7) is 0.850. The third-order valence-corrected chi connectivity index (χ3v) is 5.76. The van der Waals surface area contributed by atoms with E-state index in [1.165, 1.54) is 6.07 Å². The highest BCUT2D eigenvalue weighted by molar-refractivity contribution is 7.98. The summed E-state index contributed by atoms with van der Waals surface area (Å²) in [6.07, 6.45) is 3.79. The van der Waals surface area contributed by atoms with Crippen LogP contribution in [0, 0.1) is 0 Å². The van der Waals surface area contributed by atoms with E-state index in [0.29, 0.717) is 23.7 Å². The number of sulfonamides is 1. The number of hydrogen-bond donors (Lipinski definition) is 2. The molecule has 8 heteroatoms. The van der Waals surface area contributed by atoms with Gasteiger partial charge in [0.15, 0.2) is 0 Å². The van der Waals surface area contributed by atoms with Gasteiger partial charge in [0.05, 0.1) is 5.02 Å². The molecule has 0 aliphatic heterocycles. The first-order valence-corrected chi connectivity index (χ1v) is 10.2. The molecule has 1 rings (SSSR count). The predicted octanol–water partition coefficient (Wildman–Crippen LogP) is 3.13. The van der Waals surface area contributed by atoms with E-state index in [2.05, 4.69) is 10.0 Å². The predicted molar refractivity (Wildman–Crippen MR) is 92.0 cm³/mol. The van der Waals surface area contributed by atoms with Crippen LogP contribution in [0.4, 0.5) is 0 Å². The number of benzene rings is 1. The van der Waals surface area contributed by atoms with E-state index in [1.807, 2.05) is 6.26 Å². The van der Waals surface area contributed by atoms with Gasteiger partial charge in [0.25, 0.3) is 0 Å². The second kappa shape index (κ2) is 9.22. The molecule has 0 spiro atoms. The summed E-state index contributed by atoms with van der Waals surface area (Å²) in [6, 6.07) is 3.05. The van der Waals surface area contributed by atoms with Crippen molar-refractivity contribution in [2.45, 2.75) is 24.3 Å². The topological polar surface area (TPSA) is 58.2 Å². The Morgan fingerprint density at radius 2 is 1.95 bits per heavy atom. The molecule has 21 heavy (non-hydrogen) atoms. The van der Waals surface area contributed by atoms with E-state index in [1.54, 1.807) is 24.9 Å². The zero-order valence-electron chi connectivity index (χ0n) is 12.1. The third kappa shape index (κ3) is 5.96. The molecule has 0 bridgehead atoms. The molecule has 0 radical (unpaired) electrons. The maximum absolute atomic E-state index is 12.3. The molecule has 0 heterocycles. The standard InChI is InChI=1S/C13H20Cl2N2O2S2/c1-16-9-10-7-11(14)8-12(13(10)15)21(18,19)17-5-3-4-6-20-2/h7-8,16-17H,3-6,9H2,1-2H3. The van der Waals surface area contributed by atoms with Crippen LogP contribution in [-0.4, -0.2) is 34.0 Å².